The summed E-state index contributed by atoms with van der Waals surface area (Å²) in [7, 11) is -0.668. The highest BCUT2D eigenvalue weighted by atomic mass is 31.1. The highest BCUT2D eigenvalue weighted by Gasteiger charge is 2.24. The van der Waals surface area contributed by atoms with Crippen LogP contribution in [0.4, 0.5) is 0 Å². The molecule has 1 rings (SSSR count). The van der Waals surface area contributed by atoms with Crippen molar-refractivity contribution in [1.29, 1.82) is 0 Å². The van der Waals surface area contributed by atoms with Gasteiger partial charge in [0.2, 0.25) is 0 Å². The number of hydrogen-bond acceptors (Lipinski definition) is 1. The molecule has 5 heavy (non-hydrogen) atoms. The average molecular weight is 89.1 g/mol. The van der Waals surface area contributed by atoms with Crippen molar-refractivity contribution in [3.63, 3.8) is 0 Å². The van der Waals surface area contributed by atoms with Crippen molar-refractivity contribution >= 4 is 7.80 Å². The van der Waals surface area contributed by atoms with E-state index in [4.69, 9.17) is 0 Å². The Labute approximate surface area is 32.2 Å². The van der Waals surface area contributed by atoms with Crippen LogP contribution in [0.3, 0.4) is 0 Å². The van der Waals surface area contributed by atoms with E-state index < -0.39 is 7.80 Å². The van der Waals surface area contributed by atoms with Crippen molar-refractivity contribution < 1.29 is 4.57 Å². The Kier molecular flexibility index (Phi) is 0.698. The first-order valence-electron chi connectivity index (χ1n) is 1.82. The first-order chi connectivity index (χ1) is 2.39. The van der Waals surface area contributed by atoms with Gasteiger partial charge in [-0.3, -0.25) is 0 Å². The molecule has 0 amide bonds. The van der Waals surface area contributed by atoms with Gasteiger partial charge < -0.3 is 0 Å². The van der Waals surface area contributed by atoms with Crippen molar-refractivity contribution in [2.24, 2.45) is 0 Å². The van der Waals surface area contributed by atoms with E-state index in [1.54, 1.807) is 0 Å². The standard InChI is InChI=1S/C3H6OP/c4-5-2-1-3-5/h1-3H2/q+1. The minimum atomic E-state index is -0.668. The number of rotatable bonds is 0. The summed E-state index contributed by atoms with van der Waals surface area (Å²) in [6.45, 7) is 0. The zero-order valence-corrected chi connectivity index (χ0v) is 3.87. The molecule has 0 atom stereocenters. The van der Waals surface area contributed by atoms with Gasteiger partial charge in [-0.05, 0) is 0 Å². The van der Waals surface area contributed by atoms with Crippen LogP contribution in [0.15, 0.2) is 0 Å². The number of hydrogen-bond donors (Lipinski definition) is 0. The summed E-state index contributed by atoms with van der Waals surface area (Å²) < 4.78 is 10.0. The van der Waals surface area contributed by atoms with E-state index in [1.807, 2.05) is 0 Å². The molecule has 1 heterocycles. The predicted molar refractivity (Wildman–Crippen MR) is 22.0 cm³/mol. The SMILES string of the molecule is O=[P+]1CCC1. The Bertz CT molecular complexity index is 53.9. The van der Waals surface area contributed by atoms with Crippen LogP contribution >= 0.6 is 7.80 Å². The Balaban J connectivity index is 2.32. The van der Waals surface area contributed by atoms with Gasteiger partial charge in [-0.15, -0.1) is 0 Å². The van der Waals surface area contributed by atoms with E-state index in [-0.39, 0.29) is 0 Å². The Hall–Kier alpha value is 0.100. The second-order valence-electron chi connectivity index (χ2n) is 1.28. The summed E-state index contributed by atoms with van der Waals surface area (Å²) in [6.07, 6.45) is 3.19. The molecule has 1 saturated heterocycles. The van der Waals surface area contributed by atoms with E-state index in [1.165, 1.54) is 6.42 Å². The Morgan fingerprint density at radius 1 is 1.40 bits per heavy atom. The summed E-state index contributed by atoms with van der Waals surface area (Å²) in [5.74, 6) is 0. The van der Waals surface area contributed by atoms with E-state index in [9.17, 15) is 4.57 Å². The zero-order chi connectivity index (χ0) is 3.70. The van der Waals surface area contributed by atoms with Gasteiger partial charge in [-0.25, -0.2) is 0 Å². The van der Waals surface area contributed by atoms with Crippen molar-refractivity contribution in [2.45, 2.75) is 6.42 Å². The van der Waals surface area contributed by atoms with Crippen LogP contribution in [0, 0.1) is 0 Å². The van der Waals surface area contributed by atoms with Gasteiger partial charge in [-0.1, -0.05) is 4.57 Å². The second kappa shape index (κ2) is 1.06. The lowest BCUT2D eigenvalue weighted by Crippen LogP contribution is -1.95. The Morgan fingerprint density at radius 3 is 1.80 bits per heavy atom. The molecule has 0 unspecified atom stereocenters. The molecule has 28 valence electrons. The minimum absolute atomic E-state index is 0.668. The molecule has 1 aliphatic heterocycles. The lowest BCUT2D eigenvalue weighted by atomic mass is 10.5. The average Bonchev–Trinajstić information content (AvgIpc) is 1.30. The molecule has 1 aliphatic rings. The van der Waals surface area contributed by atoms with Gasteiger partial charge in [-0.2, -0.15) is 0 Å². The smallest absolute Gasteiger partial charge is 0.0748 e. The lowest BCUT2D eigenvalue weighted by Gasteiger charge is -1.90. The van der Waals surface area contributed by atoms with Crippen LogP contribution in [-0.4, -0.2) is 12.3 Å². The molecular formula is C3H6OP+. The molecule has 0 aliphatic carbocycles. The molecule has 0 aromatic heterocycles. The topological polar surface area (TPSA) is 17.1 Å². The van der Waals surface area contributed by atoms with Crippen LogP contribution in [0.25, 0.3) is 0 Å². The quantitative estimate of drug-likeness (QED) is 0.408. The molecule has 0 aromatic rings. The van der Waals surface area contributed by atoms with Crippen molar-refractivity contribution in [2.75, 3.05) is 12.3 Å². The maximum atomic E-state index is 10.0. The fourth-order valence-corrected chi connectivity index (χ4v) is 0.862. The highest BCUT2D eigenvalue weighted by molar-refractivity contribution is 7.46. The second-order valence-corrected chi connectivity index (χ2v) is 3.14. The van der Waals surface area contributed by atoms with Crippen molar-refractivity contribution in [1.82, 2.24) is 0 Å². The summed E-state index contributed by atoms with van der Waals surface area (Å²) in [5, 5.41) is 0. The monoisotopic (exact) mass is 89.0 g/mol. The van der Waals surface area contributed by atoms with Crippen LogP contribution < -0.4 is 0 Å². The summed E-state index contributed by atoms with van der Waals surface area (Å²) in [4.78, 5) is 0. The summed E-state index contributed by atoms with van der Waals surface area (Å²) >= 11 is 0. The molecule has 0 saturated carbocycles. The molecule has 1 nitrogen and oxygen atoms in total. The first-order valence-corrected chi connectivity index (χ1v) is 3.45. The first kappa shape index (κ1) is 3.30. The van der Waals surface area contributed by atoms with Crippen molar-refractivity contribution in [3.8, 4) is 0 Å². The molecule has 0 spiro atoms. The van der Waals surface area contributed by atoms with Gasteiger partial charge in [0.05, 0.1) is 0 Å². The van der Waals surface area contributed by atoms with Gasteiger partial charge in [0.25, 0.3) is 0 Å². The maximum Gasteiger partial charge on any atom is 0.339 e. The van der Waals surface area contributed by atoms with Gasteiger partial charge >= 0.3 is 7.80 Å². The van der Waals surface area contributed by atoms with Crippen molar-refractivity contribution in [3.05, 3.63) is 0 Å². The van der Waals surface area contributed by atoms with E-state index >= 15 is 0 Å². The molecule has 0 N–H and O–H groups in total. The van der Waals surface area contributed by atoms with Crippen LogP contribution in [0.5, 0.6) is 0 Å². The molecule has 0 bridgehead atoms. The Morgan fingerprint density at radius 2 is 1.80 bits per heavy atom. The highest BCUT2D eigenvalue weighted by Crippen LogP contribution is 2.32. The fraction of sp³-hybridized carbons (Fsp3) is 1.00. The third kappa shape index (κ3) is 0.486. The summed E-state index contributed by atoms with van der Waals surface area (Å²) in [5.41, 5.74) is 0. The van der Waals surface area contributed by atoms with E-state index in [2.05, 4.69) is 0 Å². The van der Waals surface area contributed by atoms with Gasteiger partial charge in [0.15, 0.2) is 0 Å². The van der Waals surface area contributed by atoms with E-state index in [0.29, 0.717) is 0 Å². The zero-order valence-electron chi connectivity index (χ0n) is 2.98. The van der Waals surface area contributed by atoms with Crippen LogP contribution in [-0.2, 0) is 4.57 Å². The molecule has 0 aromatic carbocycles. The molecule has 2 heteroatoms. The predicted octanol–water partition coefficient (Wildman–Crippen LogP) is 1.22. The third-order valence-corrected chi connectivity index (χ3v) is 2.45. The molecule has 0 radical (unpaired) electrons. The van der Waals surface area contributed by atoms with Gasteiger partial charge in [0.1, 0.15) is 12.3 Å². The minimum Gasteiger partial charge on any atom is -0.0748 e. The molecule has 1 fully saturated rings. The van der Waals surface area contributed by atoms with E-state index in [0.717, 1.165) is 12.3 Å². The molecular weight excluding hydrogens is 83.0 g/mol. The fourth-order valence-electron chi connectivity index (χ4n) is 0.287. The largest absolute Gasteiger partial charge is 0.339 e. The summed E-state index contributed by atoms with van der Waals surface area (Å²) in [6, 6.07) is 0. The third-order valence-electron chi connectivity index (χ3n) is 0.815. The van der Waals surface area contributed by atoms with Crippen LogP contribution in [0.2, 0.25) is 0 Å². The van der Waals surface area contributed by atoms with Crippen LogP contribution in [0.1, 0.15) is 6.42 Å². The van der Waals surface area contributed by atoms with Gasteiger partial charge in [0, 0.05) is 6.42 Å². The maximum absolute atomic E-state index is 10.0. The normalized spacial score (nSPS) is 22.0. The lowest BCUT2D eigenvalue weighted by molar-refractivity contribution is 0.578.